The van der Waals surface area contributed by atoms with Gasteiger partial charge in [0.2, 0.25) is 11.9 Å². The molecule has 0 aliphatic carbocycles. The second-order valence-corrected chi connectivity index (χ2v) is 6.34. The minimum absolute atomic E-state index is 0.117. The van der Waals surface area contributed by atoms with Gasteiger partial charge in [0.15, 0.2) is 5.82 Å². The van der Waals surface area contributed by atoms with Gasteiger partial charge in [-0.1, -0.05) is 38.1 Å². The van der Waals surface area contributed by atoms with Gasteiger partial charge in [-0.05, 0) is 42.2 Å². The van der Waals surface area contributed by atoms with E-state index in [1.165, 1.54) is 18.1 Å². The van der Waals surface area contributed by atoms with Gasteiger partial charge < -0.3 is 16.0 Å². The Bertz CT molecular complexity index is 950. The summed E-state index contributed by atoms with van der Waals surface area (Å²) in [5, 5.41) is 17.4. The Morgan fingerprint density at radius 3 is 2.32 bits per heavy atom. The maximum Gasteiger partial charge on any atom is 0.249 e. The summed E-state index contributed by atoms with van der Waals surface area (Å²) in [6, 6.07) is 13.7. The van der Waals surface area contributed by atoms with Crippen LogP contribution in [0.1, 0.15) is 31.9 Å². The van der Waals surface area contributed by atoms with Gasteiger partial charge in [-0.15, -0.1) is 5.10 Å². The SMILES string of the molecule is CCc1cccc(CC)c1Nc1nncc(Nc2cccc(NC(C)=O)c2)n1. The maximum atomic E-state index is 11.2. The number of nitrogens with one attached hydrogen (secondary N) is 3. The van der Waals surface area contributed by atoms with E-state index in [1.54, 1.807) is 6.20 Å². The van der Waals surface area contributed by atoms with Crippen molar-refractivity contribution < 1.29 is 4.79 Å². The number of anilines is 5. The molecule has 3 rings (SSSR count). The Morgan fingerprint density at radius 1 is 0.964 bits per heavy atom. The van der Waals surface area contributed by atoms with E-state index in [4.69, 9.17) is 0 Å². The van der Waals surface area contributed by atoms with Crippen LogP contribution in [0.25, 0.3) is 0 Å². The third-order valence-electron chi connectivity index (χ3n) is 4.25. The molecular weight excluding hydrogens is 352 g/mol. The lowest BCUT2D eigenvalue weighted by Crippen LogP contribution is -2.07. The molecule has 1 amide bonds. The van der Waals surface area contributed by atoms with Gasteiger partial charge in [-0.2, -0.15) is 10.1 Å². The third kappa shape index (κ3) is 4.82. The third-order valence-corrected chi connectivity index (χ3v) is 4.25. The highest BCUT2D eigenvalue weighted by Crippen LogP contribution is 2.26. The molecule has 7 heteroatoms. The monoisotopic (exact) mass is 376 g/mol. The highest BCUT2D eigenvalue weighted by molar-refractivity contribution is 5.89. The van der Waals surface area contributed by atoms with Crippen molar-refractivity contribution in [2.24, 2.45) is 0 Å². The van der Waals surface area contributed by atoms with Crippen LogP contribution in [0.4, 0.5) is 28.8 Å². The van der Waals surface area contributed by atoms with Crippen molar-refractivity contribution in [3.63, 3.8) is 0 Å². The summed E-state index contributed by atoms with van der Waals surface area (Å²) in [4.78, 5) is 15.8. The summed E-state index contributed by atoms with van der Waals surface area (Å²) in [6.45, 7) is 5.73. The molecule has 0 radical (unpaired) electrons. The Balaban J connectivity index is 1.81. The molecule has 0 saturated heterocycles. The van der Waals surface area contributed by atoms with Gasteiger partial charge in [0.25, 0.3) is 0 Å². The van der Waals surface area contributed by atoms with Gasteiger partial charge in [0.05, 0.1) is 6.20 Å². The fourth-order valence-corrected chi connectivity index (χ4v) is 2.96. The minimum atomic E-state index is -0.117. The van der Waals surface area contributed by atoms with E-state index in [1.807, 2.05) is 24.3 Å². The van der Waals surface area contributed by atoms with Crippen LogP contribution in [0.2, 0.25) is 0 Å². The van der Waals surface area contributed by atoms with E-state index < -0.39 is 0 Å². The van der Waals surface area contributed by atoms with Crippen LogP contribution in [0.3, 0.4) is 0 Å². The summed E-state index contributed by atoms with van der Waals surface area (Å²) in [6.07, 6.45) is 3.39. The van der Waals surface area contributed by atoms with Crippen molar-refractivity contribution >= 4 is 34.7 Å². The number of hydrogen-bond acceptors (Lipinski definition) is 6. The van der Waals surface area contributed by atoms with Crippen LogP contribution >= 0.6 is 0 Å². The molecule has 3 N–H and O–H groups in total. The van der Waals surface area contributed by atoms with E-state index in [0.29, 0.717) is 17.5 Å². The fraction of sp³-hybridized carbons (Fsp3) is 0.238. The lowest BCUT2D eigenvalue weighted by atomic mass is 10.0. The summed E-state index contributed by atoms with van der Waals surface area (Å²) in [5.41, 5.74) is 4.97. The van der Waals surface area contributed by atoms with E-state index in [2.05, 4.69) is 63.2 Å². The van der Waals surface area contributed by atoms with Crippen molar-refractivity contribution in [3.8, 4) is 0 Å². The van der Waals surface area contributed by atoms with Crippen molar-refractivity contribution in [3.05, 3.63) is 59.8 Å². The number of aromatic nitrogens is 3. The van der Waals surface area contributed by atoms with Crippen LogP contribution in [0.15, 0.2) is 48.7 Å². The Labute approximate surface area is 164 Å². The smallest absolute Gasteiger partial charge is 0.249 e. The molecule has 3 aromatic rings. The first-order chi connectivity index (χ1) is 13.6. The van der Waals surface area contributed by atoms with Crippen molar-refractivity contribution in [2.45, 2.75) is 33.6 Å². The predicted octanol–water partition coefficient (Wildman–Crippen LogP) is 4.44. The van der Waals surface area contributed by atoms with Gasteiger partial charge >= 0.3 is 0 Å². The normalized spacial score (nSPS) is 10.4. The molecular formula is C21H24N6O. The number of rotatable bonds is 7. The Morgan fingerprint density at radius 2 is 1.64 bits per heavy atom. The molecule has 7 nitrogen and oxygen atoms in total. The number of nitrogens with zero attached hydrogens (tertiary/aromatic N) is 3. The molecule has 1 heterocycles. The summed E-state index contributed by atoms with van der Waals surface area (Å²) >= 11 is 0. The number of aryl methyl sites for hydroxylation is 2. The molecule has 2 aromatic carbocycles. The number of benzene rings is 2. The molecule has 28 heavy (non-hydrogen) atoms. The number of carbonyl (C=O) groups is 1. The molecule has 0 atom stereocenters. The molecule has 1 aromatic heterocycles. The summed E-state index contributed by atoms with van der Waals surface area (Å²) < 4.78 is 0. The molecule has 144 valence electrons. The van der Waals surface area contributed by atoms with Gasteiger partial charge in [0.1, 0.15) is 0 Å². The molecule has 0 fully saturated rings. The average Bonchev–Trinajstić information content (AvgIpc) is 2.68. The zero-order chi connectivity index (χ0) is 19.9. The number of carbonyl (C=O) groups excluding carboxylic acids is 1. The highest BCUT2D eigenvalue weighted by Gasteiger charge is 2.09. The first kappa shape index (κ1) is 19.3. The first-order valence-electron chi connectivity index (χ1n) is 9.31. The molecule has 0 spiro atoms. The average molecular weight is 376 g/mol. The summed E-state index contributed by atoms with van der Waals surface area (Å²) in [7, 11) is 0. The van der Waals surface area contributed by atoms with Crippen LogP contribution < -0.4 is 16.0 Å². The van der Waals surface area contributed by atoms with Crippen molar-refractivity contribution in [1.29, 1.82) is 0 Å². The zero-order valence-corrected chi connectivity index (χ0v) is 16.3. The molecule has 0 unspecified atom stereocenters. The quantitative estimate of drug-likeness (QED) is 0.564. The molecule has 0 bridgehead atoms. The maximum absolute atomic E-state index is 11.2. The van der Waals surface area contributed by atoms with E-state index in [-0.39, 0.29) is 5.91 Å². The summed E-state index contributed by atoms with van der Waals surface area (Å²) in [5.74, 6) is 0.872. The predicted molar refractivity (Wildman–Crippen MR) is 112 cm³/mol. The van der Waals surface area contributed by atoms with Crippen LogP contribution in [0.5, 0.6) is 0 Å². The first-order valence-corrected chi connectivity index (χ1v) is 9.31. The fourth-order valence-electron chi connectivity index (χ4n) is 2.96. The van der Waals surface area contributed by atoms with Crippen molar-refractivity contribution in [1.82, 2.24) is 15.2 Å². The largest absolute Gasteiger partial charge is 0.339 e. The Hall–Kier alpha value is -3.48. The molecule has 0 aliphatic rings. The number of amides is 1. The number of hydrogen-bond donors (Lipinski definition) is 3. The van der Waals surface area contributed by atoms with Crippen LogP contribution in [-0.4, -0.2) is 21.1 Å². The number of para-hydroxylation sites is 1. The van der Waals surface area contributed by atoms with E-state index in [0.717, 1.165) is 24.2 Å². The lowest BCUT2D eigenvalue weighted by molar-refractivity contribution is -0.114. The van der Waals surface area contributed by atoms with E-state index in [9.17, 15) is 4.79 Å². The minimum Gasteiger partial charge on any atom is -0.339 e. The molecule has 0 saturated carbocycles. The van der Waals surface area contributed by atoms with Gasteiger partial charge in [0, 0.05) is 24.0 Å². The lowest BCUT2D eigenvalue weighted by Gasteiger charge is -2.14. The van der Waals surface area contributed by atoms with Gasteiger partial charge in [-0.3, -0.25) is 4.79 Å². The topological polar surface area (TPSA) is 91.8 Å². The second-order valence-electron chi connectivity index (χ2n) is 6.34. The Kier molecular flexibility index (Phi) is 6.16. The van der Waals surface area contributed by atoms with Crippen LogP contribution in [0, 0.1) is 0 Å². The van der Waals surface area contributed by atoms with Crippen molar-refractivity contribution in [2.75, 3.05) is 16.0 Å². The standard InChI is InChI=1S/C21H24N6O/c1-4-15-8-6-9-16(5-2)20(15)26-21-25-19(13-22-27-21)24-18-11-7-10-17(12-18)23-14(3)28/h6-13H,4-5H2,1-3H3,(H,23,28)(H2,24,25,26,27). The zero-order valence-electron chi connectivity index (χ0n) is 16.3. The van der Waals surface area contributed by atoms with Gasteiger partial charge in [-0.25, -0.2) is 0 Å². The van der Waals surface area contributed by atoms with Crippen LogP contribution in [-0.2, 0) is 17.6 Å². The highest BCUT2D eigenvalue weighted by atomic mass is 16.1. The molecule has 0 aliphatic heterocycles. The van der Waals surface area contributed by atoms with E-state index >= 15 is 0 Å². The second kappa shape index (κ2) is 8.94.